The number of amides is 1. The summed E-state index contributed by atoms with van der Waals surface area (Å²) < 4.78 is 28.7. The van der Waals surface area contributed by atoms with Crippen LogP contribution < -0.4 is 5.32 Å². The van der Waals surface area contributed by atoms with Gasteiger partial charge in [-0.1, -0.05) is 47.0 Å². The summed E-state index contributed by atoms with van der Waals surface area (Å²) in [4.78, 5) is 17.3. The van der Waals surface area contributed by atoms with Gasteiger partial charge in [0.1, 0.15) is 15.8 Å². The molecule has 1 aromatic carbocycles. The summed E-state index contributed by atoms with van der Waals surface area (Å²) in [5, 5.41) is 3.67. The summed E-state index contributed by atoms with van der Waals surface area (Å²) in [6.45, 7) is 0.293. The third kappa shape index (κ3) is 3.79. The molecule has 1 fully saturated rings. The molecule has 0 saturated carbocycles. The van der Waals surface area contributed by atoms with E-state index in [-0.39, 0.29) is 10.1 Å². The Morgan fingerprint density at radius 2 is 2.00 bits per heavy atom. The zero-order valence-corrected chi connectivity index (χ0v) is 18.4. The summed E-state index contributed by atoms with van der Waals surface area (Å²) in [6.07, 6.45) is 1.94. The maximum absolute atomic E-state index is 13.0. The van der Waals surface area contributed by atoms with Gasteiger partial charge in [0.2, 0.25) is 5.91 Å². The number of rotatable bonds is 4. The lowest BCUT2D eigenvalue weighted by molar-refractivity contribution is -0.120. The molecule has 3 aromatic rings. The molecule has 1 amide bonds. The number of anilines is 1. The molecular weight excluding hydrogens is 461 g/mol. The van der Waals surface area contributed by atoms with Crippen LogP contribution in [0.4, 0.5) is 5.13 Å². The summed E-state index contributed by atoms with van der Waals surface area (Å²) in [5.74, 6) is -0.388. The third-order valence-corrected chi connectivity index (χ3v) is 9.32. The highest BCUT2D eigenvalue weighted by Crippen LogP contribution is 2.33. The van der Waals surface area contributed by atoms with Gasteiger partial charge >= 0.3 is 0 Å². The van der Waals surface area contributed by atoms with Gasteiger partial charge in [0, 0.05) is 6.54 Å². The fourth-order valence-electron chi connectivity index (χ4n) is 3.16. The molecule has 1 aliphatic rings. The fraction of sp³-hybridized carbons (Fsp3) is 0.294. The molecule has 0 bridgehead atoms. The quantitative estimate of drug-likeness (QED) is 0.584. The van der Waals surface area contributed by atoms with E-state index >= 15 is 0 Å². The van der Waals surface area contributed by atoms with Gasteiger partial charge in [-0.25, -0.2) is 13.4 Å². The monoisotopic (exact) mass is 475 g/mol. The molecule has 0 aliphatic carbocycles. The number of halogens is 2. The topological polar surface area (TPSA) is 79.4 Å². The molecule has 1 atom stereocenters. The summed E-state index contributed by atoms with van der Waals surface area (Å²) >= 11 is 14.3. The Hall–Kier alpha value is -1.23. The smallest absolute Gasteiger partial charge is 0.253 e. The predicted octanol–water partition coefficient (Wildman–Crippen LogP) is 4.85. The van der Waals surface area contributed by atoms with Crippen molar-refractivity contribution in [3.05, 3.63) is 39.7 Å². The second-order valence-electron chi connectivity index (χ2n) is 6.28. The van der Waals surface area contributed by atoms with Gasteiger partial charge in [0.15, 0.2) is 5.13 Å². The molecule has 148 valence electrons. The van der Waals surface area contributed by atoms with Crippen LogP contribution >= 0.6 is 45.9 Å². The number of thiophene rings is 1. The van der Waals surface area contributed by atoms with Crippen molar-refractivity contribution in [1.82, 2.24) is 9.29 Å². The molecule has 1 saturated heterocycles. The molecule has 28 heavy (non-hydrogen) atoms. The molecule has 11 heteroatoms. The number of benzene rings is 1. The summed E-state index contributed by atoms with van der Waals surface area (Å²) in [5.41, 5.74) is 0.616. The SMILES string of the molecule is O=C(Nc1nc2c(Cl)cccc2s1)C1CCCCN1S(=O)(=O)c1ccc(Cl)s1. The Morgan fingerprint density at radius 1 is 1.18 bits per heavy atom. The lowest BCUT2D eigenvalue weighted by Gasteiger charge is -2.32. The largest absolute Gasteiger partial charge is 0.301 e. The van der Waals surface area contributed by atoms with E-state index in [1.807, 2.05) is 12.1 Å². The van der Waals surface area contributed by atoms with Crippen LogP contribution in [0.15, 0.2) is 34.5 Å². The van der Waals surface area contributed by atoms with Crippen molar-refractivity contribution in [2.45, 2.75) is 29.5 Å². The van der Waals surface area contributed by atoms with Crippen LogP contribution in [-0.2, 0) is 14.8 Å². The molecule has 0 spiro atoms. The minimum Gasteiger partial charge on any atom is -0.301 e. The number of carbonyl (C=O) groups is 1. The van der Waals surface area contributed by atoms with Crippen molar-refractivity contribution < 1.29 is 13.2 Å². The first-order valence-electron chi connectivity index (χ1n) is 8.49. The van der Waals surface area contributed by atoms with Crippen molar-refractivity contribution in [2.24, 2.45) is 0 Å². The van der Waals surface area contributed by atoms with Gasteiger partial charge in [-0.05, 0) is 37.1 Å². The van der Waals surface area contributed by atoms with E-state index in [2.05, 4.69) is 10.3 Å². The molecule has 1 N–H and O–H groups in total. The average Bonchev–Trinajstić information content (AvgIpc) is 3.29. The number of nitrogens with zero attached hydrogens (tertiary/aromatic N) is 2. The molecule has 2 aromatic heterocycles. The van der Waals surface area contributed by atoms with E-state index in [1.54, 1.807) is 12.1 Å². The number of para-hydroxylation sites is 1. The first-order chi connectivity index (χ1) is 13.4. The fourth-order valence-corrected chi connectivity index (χ4v) is 7.60. The van der Waals surface area contributed by atoms with E-state index in [4.69, 9.17) is 23.2 Å². The zero-order valence-electron chi connectivity index (χ0n) is 14.4. The minimum atomic E-state index is -3.79. The zero-order chi connectivity index (χ0) is 19.9. The van der Waals surface area contributed by atoms with E-state index in [0.717, 1.165) is 22.5 Å². The maximum Gasteiger partial charge on any atom is 0.253 e. The second-order valence-corrected chi connectivity index (χ2v) is 11.6. The maximum atomic E-state index is 13.0. The van der Waals surface area contributed by atoms with Crippen molar-refractivity contribution >= 4 is 77.2 Å². The van der Waals surface area contributed by atoms with Crippen LogP contribution in [0.25, 0.3) is 10.2 Å². The van der Waals surface area contributed by atoms with Crippen LogP contribution in [0.2, 0.25) is 9.36 Å². The average molecular weight is 476 g/mol. The van der Waals surface area contributed by atoms with Crippen molar-refractivity contribution in [2.75, 3.05) is 11.9 Å². The molecule has 0 radical (unpaired) electrons. The summed E-state index contributed by atoms with van der Waals surface area (Å²) in [7, 11) is -3.79. The lowest BCUT2D eigenvalue weighted by Crippen LogP contribution is -2.49. The molecule has 1 unspecified atom stereocenters. The Labute approximate surface area is 180 Å². The van der Waals surface area contributed by atoms with Crippen LogP contribution in [0.3, 0.4) is 0 Å². The first-order valence-corrected chi connectivity index (χ1v) is 12.3. The molecular formula is C17H15Cl2N3O3S3. The number of sulfonamides is 1. The Bertz CT molecular complexity index is 1140. The van der Waals surface area contributed by atoms with E-state index in [9.17, 15) is 13.2 Å². The van der Waals surface area contributed by atoms with Gasteiger partial charge in [-0.2, -0.15) is 4.31 Å². The second kappa shape index (κ2) is 7.89. The van der Waals surface area contributed by atoms with E-state index < -0.39 is 16.1 Å². The van der Waals surface area contributed by atoms with Gasteiger partial charge in [-0.3, -0.25) is 4.79 Å². The van der Waals surface area contributed by atoms with E-state index in [1.165, 1.54) is 21.7 Å². The molecule has 4 rings (SSSR count). The highest BCUT2D eigenvalue weighted by Gasteiger charge is 2.38. The number of piperidine rings is 1. The number of fused-ring (bicyclic) bond motifs is 1. The number of hydrogen-bond donors (Lipinski definition) is 1. The van der Waals surface area contributed by atoms with Crippen molar-refractivity contribution in [3.63, 3.8) is 0 Å². The first kappa shape index (κ1) is 20.1. The van der Waals surface area contributed by atoms with Gasteiger partial charge < -0.3 is 5.32 Å². The van der Waals surface area contributed by atoms with Gasteiger partial charge in [0.05, 0.1) is 14.1 Å². The Balaban J connectivity index is 1.60. The number of hydrogen-bond acceptors (Lipinski definition) is 6. The summed E-state index contributed by atoms with van der Waals surface area (Å²) in [6, 6.07) is 7.64. The van der Waals surface area contributed by atoms with Gasteiger partial charge in [-0.15, -0.1) is 11.3 Å². The molecule has 1 aliphatic heterocycles. The van der Waals surface area contributed by atoms with Crippen LogP contribution in [0.1, 0.15) is 19.3 Å². The van der Waals surface area contributed by atoms with Crippen molar-refractivity contribution in [1.29, 1.82) is 0 Å². The molecule has 6 nitrogen and oxygen atoms in total. The predicted molar refractivity (Wildman–Crippen MR) is 114 cm³/mol. The Morgan fingerprint density at radius 3 is 2.71 bits per heavy atom. The minimum absolute atomic E-state index is 0.143. The standard InChI is InChI=1S/C17H15Cl2N3O3S3/c18-10-4-3-6-12-15(10)20-17(26-12)21-16(23)11-5-1-2-9-22(11)28(24,25)14-8-7-13(19)27-14/h3-4,6-8,11H,1-2,5,9H2,(H,20,21,23). The Kier molecular flexibility index (Phi) is 5.65. The number of nitrogens with one attached hydrogen (secondary N) is 1. The normalized spacial score (nSPS) is 18.4. The van der Waals surface area contributed by atoms with Crippen molar-refractivity contribution in [3.8, 4) is 0 Å². The highest BCUT2D eigenvalue weighted by molar-refractivity contribution is 7.91. The number of thiazole rings is 1. The van der Waals surface area contributed by atoms with Gasteiger partial charge in [0.25, 0.3) is 10.0 Å². The van der Waals surface area contributed by atoms with E-state index in [0.29, 0.717) is 39.4 Å². The van der Waals surface area contributed by atoms with Crippen LogP contribution in [0, 0.1) is 0 Å². The third-order valence-electron chi connectivity index (χ3n) is 4.47. The number of aromatic nitrogens is 1. The molecule has 3 heterocycles. The highest BCUT2D eigenvalue weighted by atomic mass is 35.5. The van der Waals surface area contributed by atoms with Crippen LogP contribution in [-0.4, -0.2) is 36.2 Å². The lowest BCUT2D eigenvalue weighted by atomic mass is 10.0. The van der Waals surface area contributed by atoms with Crippen LogP contribution in [0.5, 0.6) is 0 Å². The number of carbonyl (C=O) groups excluding carboxylic acids is 1.